The summed E-state index contributed by atoms with van der Waals surface area (Å²) in [6, 6.07) is 0. The summed E-state index contributed by atoms with van der Waals surface area (Å²) in [6.45, 7) is 1.74. The van der Waals surface area contributed by atoms with Gasteiger partial charge in [-0.2, -0.15) is 5.10 Å². The Labute approximate surface area is 136 Å². The van der Waals surface area contributed by atoms with Crippen LogP contribution in [0.1, 0.15) is 50.3 Å². The van der Waals surface area contributed by atoms with Crippen molar-refractivity contribution in [1.29, 1.82) is 0 Å². The molecule has 0 bridgehead atoms. The molecule has 0 radical (unpaired) electrons. The molecule has 1 amide bonds. The smallest absolute Gasteiger partial charge is 0.225 e. The van der Waals surface area contributed by atoms with Crippen LogP contribution in [-0.2, 0) is 11.8 Å². The van der Waals surface area contributed by atoms with Crippen LogP contribution in [0.3, 0.4) is 0 Å². The minimum absolute atomic E-state index is 0.350. The van der Waals surface area contributed by atoms with Crippen molar-refractivity contribution in [3.63, 3.8) is 0 Å². The first-order valence-electron chi connectivity index (χ1n) is 8.55. The second-order valence-electron chi connectivity index (χ2n) is 7.24. The van der Waals surface area contributed by atoms with Gasteiger partial charge in [0.25, 0.3) is 0 Å². The molecule has 0 unspecified atom stereocenters. The molecule has 1 saturated heterocycles. The van der Waals surface area contributed by atoms with Crippen molar-refractivity contribution < 1.29 is 4.79 Å². The van der Waals surface area contributed by atoms with Crippen molar-refractivity contribution in [3.8, 4) is 0 Å². The van der Waals surface area contributed by atoms with Crippen molar-refractivity contribution in [3.05, 3.63) is 10.6 Å². The first-order valence-corrected chi connectivity index (χ1v) is 8.96. The quantitative estimate of drug-likeness (QED) is 0.871. The molecule has 120 valence electrons. The lowest BCUT2D eigenvalue weighted by molar-refractivity contribution is -0.134. The number of amides is 1. The van der Waals surface area contributed by atoms with Crippen LogP contribution in [0.5, 0.6) is 0 Å². The zero-order valence-corrected chi connectivity index (χ0v) is 13.9. The van der Waals surface area contributed by atoms with E-state index in [4.69, 9.17) is 12.2 Å². The number of H-pyrrole nitrogens is 1. The average Bonchev–Trinajstić information content (AvgIpc) is 3.17. The van der Waals surface area contributed by atoms with E-state index in [0.29, 0.717) is 28.4 Å². The van der Waals surface area contributed by atoms with Crippen LogP contribution >= 0.6 is 12.2 Å². The monoisotopic (exact) mass is 320 g/mol. The van der Waals surface area contributed by atoms with Gasteiger partial charge >= 0.3 is 0 Å². The first-order chi connectivity index (χ1) is 10.6. The van der Waals surface area contributed by atoms with E-state index >= 15 is 0 Å². The number of hydrogen-bond acceptors (Lipinski definition) is 3. The fourth-order valence-corrected chi connectivity index (χ4v) is 4.34. The molecule has 1 aliphatic heterocycles. The van der Waals surface area contributed by atoms with Gasteiger partial charge in [0.1, 0.15) is 5.82 Å². The number of carbonyl (C=O) groups excluding carboxylic acids is 1. The molecule has 0 spiro atoms. The SMILES string of the molecule is Cn1c(C2CCN(C(=O)[C@H]3C[C@H]3C3CCC3)CC2)n[nH]c1=S. The number of rotatable bonds is 3. The van der Waals surface area contributed by atoms with Gasteiger partial charge in [-0.15, -0.1) is 0 Å². The standard InChI is InChI=1S/C16H24N4OS/c1-19-14(17-18-16(19)22)11-5-7-20(8-6-11)15(21)13-9-12(13)10-3-2-4-10/h10-13H,2-9H2,1H3,(H,18,22)/t12-,13-/m0/s1. The van der Waals surface area contributed by atoms with Crippen LogP contribution in [0.4, 0.5) is 0 Å². The van der Waals surface area contributed by atoms with Crippen LogP contribution in [0.25, 0.3) is 0 Å². The molecular formula is C16H24N4OS. The summed E-state index contributed by atoms with van der Waals surface area (Å²) in [5, 5.41) is 7.22. The second-order valence-corrected chi connectivity index (χ2v) is 7.63. The van der Waals surface area contributed by atoms with Gasteiger partial charge < -0.3 is 9.47 Å². The van der Waals surface area contributed by atoms with E-state index in [-0.39, 0.29) is 0 Å². The number of piperidine rings is 1. The maximum atomic E-state index is 12.6. The molecule has 2 saturated carbocycles. The molecule has 1 aromatic rings. The van der Waals surface area contributed by atoms with Crippen molar-refractivity contribution in [2.24, 2.45) is 24.8 Å². The predicted octanol–water partition coefficient (Wildman–Crippen LogP) is 2.62. The molecule has 2 aliphatic carbocycles. The Balaban J connectivity index is 1.33. The number of likely N-dealkylation sites (tertiary alicyclic amines) is 1. The Morgan fingerprint density at radius 1 is 1.27 bits per heavy atom. The van der Waals surface area contributed by atoms with Crippen molar-refractivity contribution in [2.45, 2.75) is 44.4 Å². The number of nitrogens with one attached hydrogen (secondary N) is 1. The van der Waals surface area contributed by atoms with Crippen LogP contribution in [0, 0.1) is 22.5 Å². The number of carbonyl (C=O) groups is 1. The normalized spacial score (nSPS) is 29.4. The van der Waals surface area contributed by atoms with Gasteiger partial charge in [-0.05, 0) is 43.3 Å². The van der Waals surface area contributed by atoms with Crippen LogP contribution in [0.2, 0.25) is 0 Å². The predicted molar refractivity (Wildman–Crippen MR) is 85.9 cm³/mol. The molecule has 5 nitrogen and oxygen atoms in total. The van der Waals surface area contributed by atoms with Gasteiger partial charge in [0, 0.05) is 32.0 Å². The van der Waals surface area contributed by atoms with Crippen molar-refractivity contribution in [1.82, 2.24) is 19.7 Å². The summed E-state index contributed by atoms with van der Waals surface area (Å²) in [5.41, 5.74) is 0. The molecule has 1 N–H and O–H groups in total. The van der Waals surface area contributed by atoms with Crippen molar-refractivity contribution >= 4 is 18.1 Å². The third-order valence-electron chi connectivity index (χ3n) is 6.00. The summed E-state index contributed by atoms with van der Waals surface area (Å²) in [4.78, 5) is 14.7. The molecule has 2 heterocycles. The summed E-state index contributed by atoms with van der Waals surface area (Å²) < 4.78 is 2.64. The summed E-state index contributed by atoms with van der Waals surface area (Å²) >= 11 is 5.19. The minimum Gasteiger partial charge on any atom is -0.342 e. The van der Waals surface area contributed by atoms with Crippen LogP contribution in [0.15, 0.2) is 0 Å². The average molecular weight is 320 g/mol. The summed E-state index contributed by atoms with van der Waals surface area (Å²) in [6.07, 6.45) is 7.24. The fraction of sp³-hybridized carbons (Fsp3) is 0.812. The molecule has 3 fully saturated rings. The number of nitrogens with zero attached hydrogens (tertiary/aromatic N) is 3. The third-order valence-corrected chi connectivity index (χ3v) is 6.36. The Bertz CT molecular complexity index is 624. The van der Waals surface area contributed by atoms with Gasteiger partial charge in [0.05, 0.1) is 0 Å². The van der Waals surface area contributed by atoms with E-state index < -0.39 is 0 Å². The lowest BCUT2D eigenvalue weighted by Gasteiger charge is -2.32. The zero-order chi connectivity index (χ0) is 15.3. The summed E-state index contributed by atoms with van der Waals surface area (Å²) in [5.74, 6) is 3.80. The van der Waals surface area contributed by atoms with Gasteiger partial charge in [-0.1, -0.05) is 19.3 Å². The molecule has 2 atom stereocenters. The second kappa shape index (κ2) is 5.48. The van der Waals surface area contributed by atoms with Crippen molar-refractivity contribution in [2.75, 3.05) is 13.1 Å². The summed E-state index contributed by atoms with van der Waals surface area (Å²) in [7, 11) is 1.96. The Morgan fingerprint density at radius 2 is 2.00 bits per heavy atom. The molecule has 6 heteroatoms. The zero-order valence-electron chi connectivity index (χ0n) is 13.1. The lowest BCUT2D eigenvalue weighted by atomic mass is 9.81. The van der Waals surface area contributed by atoms with Gasteiger partial charge in [-0.25, -0.2) is 0 Å². The minimum atomic E-state index is 0.350. The van der Waals surface area contributed by atoms with E-state index in [1.165, 1.54) is 19.3 Å². The van der Waals surface area contributed by atoms with Gasteiger partial charge in [-0.3, -0.25) is 9.89 Å². The topological polar surface area (TPSA) is 53.9 Å². The molecule has 4 rings (SSSR count). The highest BCUT2D eigenvalue weighted by Crippen LogP contribution is 2.52. The fourth-order valence-electron chi connectivity index (χ4n) is 4.20. The lowest BCUT2D eigenvalue weighted by Crippen LogP contribution is -2.39. The number of aromatic nitrogens is 3. The van der Waals surface area contributed by atoms with E-state index in [2.05, 4.69) is 15.1 Å². The van der Waals surface area contributed by atoms with Gasteiger partial charge in [0.2, 0.25) is 5.91 Å². The van der Waals surface area contributed by atoms with Crippen LogP contribution in [-0.4, -0.2) is 38.7 Å². The Hall–Kier alpha value is -1.17. The maximum Gasteiger partial charge on any atom is 0.225 e. The Kier molecular flexibility index (Phi) is 3.59. The van der Waals surface area contributed by atoms with E-state index in [9.17, 15) is 4.79 Å². The molecule has 0 aromatic carbocycles. The molecule has 3 aliphatic rings. The van der Waals surface area contributed by atoms with Crippen LogP contribution < -0.4 is 0 Å². The molecule has 1 aromatic heterocycles. The molecule has 22 heavy (non-hydrogen) atoms. The highest BCUT2D eigenvalue weighted by atomic mass is 32.1. The first kappa shape index (κ1) is 14.4. The highest BCUT2D eigenvalue weighted by Gasteiger charge is 2.50. The number of hydrogen-bond donors (Lipinski definition) is 1. The highest BCUT2D eigenvalue weighted by molar-refractivity contribution is 7.71. The maximum absolute atomic E-state index is 12.6. The van der Waals surface area contributed by atoms with E-state index in [0.717, 1.165) is 44.1 Å². The van der Waals surface area contributed by atoms with Gasteiger partial charge in [0.15, 0.2) is 4.77 Å². The van der Waals surface area contributed by atoms with E-state index in [1.54, 1.807) is 0 Å². The number of aromatic amines is 1. The largest absolute Gasteiger partial charge is 0.342 e. The Morgan fingerprint density at radius 3 is 2.55 bits per heavy atom. The van der Waals surface area contributed by atoms with E-state index in [1.807, 2.05) is 11.6 Å². The molecular weight excluding hydrogens is 296 g/mol. The third kappa shape index (κ3) is 2.41.